The summed E-state index contributed by atoms with van der Waals surface area (Å²) in [7, 11) is 0. The van der Waals surface area contributed by atoms with E-state index < -0.39 is 9.39 Å². The van der Waals surface area contributed by atoms with Crippen molar-refractivity contribution < 1.29 is 9.53 Å². The lowest BCUT2D eigenvalue weighted by Gasteiger charge is -2.22. The van der Waals surface area contributed by atoms with E-state index in [0.29, 0.717) is 5.56 Å². The van der Waals surface area contributed by atoms with Crippen molar-refractivity contribution in [2.24, 2.45) is 0 Å². The highest BCUT2D eigenvalue weighted by atomic mass is 79.9. The van der Waals surface area contributed by atoms with Crippen molar-refractivity contribution in [3.63, 3.8) is 0 Å². The molecule has 0 aliphatic heterocycles. The number of alkyl halides is 2. The van der Waals surface area contributed by atoms with Gasteiger partial charge in [0.05, 0.1) is 0 Å². The van der Waals surface area contributed by atoms with Crippen LogP contribution in [0.2, 0.25) is 0 Å². The van der Waals surface area contributed by atoms with Gasteiger partial charge in [-0.2, -0.15) is 0 Å². The average Bonchev–Trinajstić information content (AvgIpc) is 2.24. The van der Waals surface area contributed by atoms with Gasteiger partial charge in [0.1, 0.15) is 0 Å². The molecule has 0 spiro atoms. The number of halogens is 5. The molecular weight excluding hydrogens is 552 g/mol. The highest BCUT2D eigenvalue weighted by molar-refractivity contribution is 9.24. The van der Waals surface area contributed by atoms with Gasteiger partial charge < -0.3 is 4.74 Å². The van der Waals surface area contributed by atoms with Gasteiger partial charge in [-0.05, 0) is 85.7 Å². The smallest absolute Gasteiger partial charge is 0.332 e. The fraction of sp³-hybridized carbons (Fsp3) is 0.100. The maximum absolute atomic E-state index is 11.2. The third kappa shape index (κ3) is 3.89. The molecule has 0 aliphatic carbocycles. The Balaban J connectivity index is 3.19. The number of benzene rings is 1. The number of rotatable bonds is 3. The molecule has 0 aromatic heterocycles. The molecule has 0 saturated heterocycles. The Morgan fingerprint density at radius 2 is 1.82 bits per heavy atom. The number of ether oxygens (including phenoxy) is 1. The minimum absolute atomic E-state index is 0.537. The second kappa shape index (κ2) is 6.32. The van der Waals surface area contributed by atoms with E-state index in [0.717, 1.165) is 19.5 Å². The molecule has 1 rings (SSSR count). The number of esters is 1. The van der Waals surface area contributed by atoms with Crippen LogP contribution in [0, 0.1) is 0 Å². The molecule has 0 unspecified atom stereocenters. The summed E-state index contributed by atoms with van der Waals surface area (Å²) in [5, 5.41) is 0. The lowest BCUT2D eigenvalue weighted by molar-refractivity contribution is -0.140. The summed E-state index contributed by atoms with van der Waals surface area (Å²) >= 11 is 16.8. The summed E-state index contributed by atoms with van der Waals surface area (Å²) in [6.07, 6.45) is 1.10. The summed E-state index contributed by atoms with van der Waals surface area (Å²) < 4.78 is 6.53. The summed E-state index contributed by atoms with van der Waals surface area (Å²) in [5.41, 5.74) is 0.711. The first-order valence-electron chi connectivity index (χ1n) is 4.16. The maximum atomic E-state index is 11.2. The Bertz CT molecular complexity index is 470. The second-order valence-corrected chi connectivity index (χ2v) is 8.60. The maximum Gasteiger partial charge on any atom is 0.332 e. The molecule has 0 amide bonds. The van der Waals surface area contributed by atoms with Crippen LogP contribution < -0.4 is 0 Å². The zero-order chi connectivity index (χ0) is 13.2. The molecule has 0 N–H and O–H groups in total. The van der Waals surface area contributed by atoms with Crippen molar-refractivity contribution in [2.45, 2.75) is 3.42 Å². The fourth-order valence-corrected chi connectivity index (χ4v) is 4.05. The van der Waals surface area contributed by atoms with Crippen LogP contribution >= 0.6 is 79.6 Å². The minimum Gasteiger partial charge on any atom is -0.429 e. The van der Waals surface area contributed by atoms with Crippen LogP contribution in [0.15, 0.2) is 38.2 Å². The topological polar surface area (TPSA) is 26.3 Å². The molecule has 1 aromatic carbocycles. The molecule has 7 heteroatoms. The molecule has 0 fully saturated rings. The Morgan fingerprint density at radius 1 is 1.24 bits per heavy atom. The summed E-state index contributed by atoms with van der Waals surface area (Å²) in [4.78, 5) is 11.2. The molecule has 0 saturated carbocycles. The van der Waals surface area contributed by atoms with Crippen LogP contribution in [-0.2, 0) is 13.0 Å². The van der Waals surface area contributed by atoms with Gasteiger partial charge in [0, 0.05) is 25.1 Å². The molecule has 92 valence electrons. The largest absolute Gasteiger partial charge is 0.429 e. The predicted molar refractivity (Wildman–Crippen MR) is 85.4 cm³/mol. The van der Waals surface area contributed by atoms with E-state index >= 15 is 0 Å². The first-order chi connectivity index (χ1) is 7.79. The average molecular weight is 557 g/mol. The van der Waals surface area contributed by atoms with E-state index in [9.17, 15) is 4.79 Å². The third-order valence-electron chi connectivity index (χ3n) is 1.74. The van der Waals surface area contributed by atoms with E-state index in [1.165, 1.54) is 0 Å². The highest BCUT2D eigenvalue weighted by Gasteiger charge is 2.32. The highest BCUT2D eigenvalue weighted by Crippen LogP contribution is 2.46. The van der Waals surface area contributed by atoms with Crippen molar-refractivity contribution in [1.29, 1.82) is 0 Å². The fourth-order valence-electron chi connectivity index (χ4n) is 0.974. The van der Waals surface area contributed by atoms with E-state index in [-0.39, 0.29) is 0 Å². The molecular formula is C10H5Br5O2. The van der Waals surface area contributed by atoms with Crippen LogP contribution in [0.3, 0.4) is 0 Å². The van der Waals surface area contributed by atoms with E-state index in [4.69, 9.17) is 4.74 Å². The first kappa shape index (κ1) is 15.9. The van der Waals surface area contributed by atoms with Crippen molar-refractivity contribution in [3.8, 4) is 0 Å². The van der Waals surface area contributed by atoms with E-state index in [1.807, 2.05) is 6.07 Å². The molecule has 0 bridgehead atoms. The summed E-state index contributed by atoms with van der Waals surface area (Å²) in [6, 6.07) is 3.64. The minimum atomic E-state index is -1.10. The molecule has 0 heterocycles. The lowest BCUT2D eigenvalue weighted by Crippen LogP contribution is -2.18. The molecule has 2 nitrogen and oxygen atoms in total. The van der Waals surface area contributed by atoms with Crippen molar-refractivity contribution >= 4 is 85.6 Å². The Kier molecular flexibility index (Phi) is 5.91. The van der Waals surface area contributed by atoms with Gasteiger partial charge in [0.25, 0.3) is 0 Å². The number of carbonyl (C=O) groups is 1. The van der Waals surface area contributed by atoms with E-state index in [2.05, 4.69) is 86.2 Å². The van der Waals surface area contributed by atoms with Crippen LogP contribution in [0.1, 0.15) is 5.56 Å². The van der Waals surface area contributed by atoms with Gasteiger partial charge in [-0.3, -0.25) is 0 Å². The molecule has 0 radical (unpaired) electrons. The second-order valence-electron chi connectivity index (χ2n) is 2.86. The van der Waals surface area contributed by atoms with Crippen LogP contribution in [-0.4, -0.2) is 5.97 Å². The lowest BCUT2D eigenvalue weighted by atomic mass is 10.2. The van der Waals surface area contributed by atoms with Gasteiger partial charge in [-0.1, -0.05) is 12.6 Å². The van der Waals surface area contributed by atoms with Crippen molar-refractivity contribution in [2.75, 3.05) is 0 Å². The summed E-state index contributed by atoms with van der Waals surface area (Å²) in [6.45, 7) is 3.35. The standard InChI is InChI=1S/C10H5Br5O2/c1-2-7(16)17-10(14,15)5-3-4-6(11)9(13)8(5)12/h2-4H,1H2. The zero-order valence-electron chi connectivity index (χ0n) is 8.15. The quantitative estimate of drug-likeness (QED) is 0.210. The Morgan fingerprint density at radius 3 is 2.35 bits per heavy atom. The monoisotopic (exact) mass is 552 g/mol. The van der Waals surface area contributed by atoms with Crippen molar-refractivity contribution in [3.05, 3.63) is 43.8 Å². The van der Waals surface area contributed by atoms with Crippen LogP contribution in [0.4, 0.5) is 0 Å². The molecule has 0 aliphatic rings. The van der Waals surface area contributed by atoms with Crippen molar-refractivity contribution in [1.82, 2.24) is 0 Å². The number of hydrogen-bond acceptors (Lipinski definition) is 2. The molecule has 1 aromatic rings. The van der Waals surface area contributed by atoms with E-state index in [1.54, 1.807) is 6.07 Å². The molecule has 0 atom stereocenters. The number of carbonyl (C=O) groups excluding carboxylic acids is 1. The van der Waals surface area contributed by atoms with Gasteiger partial charge in [0.15, 0.2) is 0 Å². The Hall–Kier alpha value is 0.830. The molecule has 17 heavy (non-hydrogen) atoms. The third-order valence-corrected chi connectivity index (χ3v) is 6.29. The normalized spacial score (nSPS) is 11.1. The zero-order valence-corrected chi connectivity index (χ0v) is 16.1. The van der Waals surface area contributed by atoms with Gasteiger partial charge in [0.2, 0.25) is 3.42 Å². The Labute approximate surface area is 141 Å². The van der Waals surface area contributed by atoms with Gasteiger partial charge in [-0.25, -0.2) is 4.79 Å². The van der Waals surface area contributed by atoms with Gasteiger partial charge in [-0.15, -0.1) is 0 Å². The SMILES string of the molecule is C=CC(=O)OC(Br)(Br)c1ccc(Br)c(Br)c1Br. The van der Waals surface area contributed by atoms with Crippen LogP contribution in [0.5, 0.6) is 0 Å². The van der Waals surface area contributed by atoms with Crippen LogP contribution in [0.25, 0.3) is 0 Å². The first-order valence-corrected chi connectivity index (χ1v) is 8.13. The predicted octanol–water partition coefficient (Wildman–Crippen LogP) is 5.60. The van der Waals surface area contributed by atoms with Gasteiger partial charge >= 0.3 is 5.97 Å². The number of hydrogen-bond donors (Lipinski definition) is 0. The summed E-state index contributed by atoms with van der Waals surface area (Å²) in [5.74, 6) is -0.537.